The van der Waals surface area contributed by atoms with Gasteiger partial charge in [-0.25, -0.2) is 4.79 Å². The minimum atomic E-state index is -0.577. The maximum Gasteiger partial charge on any atom is 0.341 e. The number of amides is 1. The number of hydrogen-bond donors (Lipinski definition) is 1. The zero-order valence-corrected chi connectivity index (χ0v) is 16.8. The molecule has 3 aromatic rings. The Kier molecular flexibility index (Phi) is 5.07. The monoisotopic (exact) mass is 409 g/mol. The molecule has 0 radical (unpaired) electrons. The Morgan fingerprint density at radius 1 is 1.03 bits per heavy atom. The number of fused-ring (bicyclic) bond motifs is 2. The molecule has 2 aromatic carbocycles. The van der Waals surface area contributed by atoms with Crippen LogP contribution in [0.15, 0.2) is 42.5 Å². The van der Waals surface area contributed by atoms with Crippen molar-refractivity contribution in [2.75, 3.05) is 19.5 Å². The van der Waals surface area contributed by atoms with Gasteiger partial charge < -0.3 is 14.8 Å². The number of ether oxygens (including phenoxy) is 2. The van der Waals surface area contributed by atoms with Crippen LogP contribution in [0.2, 0.25) is 0 Å². The van der Waals surface area contributed by atoms with Crippen molar-refractivity contribution in [2.45, 2.75) is 18.8 Å². The van der Waals surface area contributed by atoms with E-state index in [-0.39, 0.29) is 11.5 Å². The van der Waals surface area contributed by atoms with Crippen LogP contribution in [0, 0.1) is 0 Å². The van der Waals surface area contributed by atoms with E-state index in [0.717, 1.165) is 15.6 Å². The Labute approximate surface area is 171 Å². The molecule has 0 saturated heterocycles. The second-order valence-electron chi connectivity index (χ2n) is 6.73. The van der Waals surface area contributed by atoms with Crippen molar-refractivity contribution in [1.29, 1.82) is 0 Å². The first-order valence-corrected chi connectivity index (χ1v) is 9.97. The Hall–Kier alpha value is -3.19. The van der Waals surface area contributed by atoms with Crippen LogP contribution < -0.4 is 5.32 Å². The molecule has 1 amide bonds. The summed E-state index contributed by atoms with van der Waals surface area (Å²) in [5, 5.41) is 5.04. The van der Waals surface area contributed by atoms with Crippen molar-refractivity contribution in [3.8, 4) is 0 Å². The van der Waals surface area contributed by atoms with E-state index in [1.165, 1.54) is 25.6 Å². The van der Waals surface area contributed by atoms with Gasteiger partial charge in [-0.2, -0.15) is 0 Å². The number of anilines is 1. The first kappa shape index (κ1) is 19.1. The van der Waals surface area contributed by atoms with E-state index in [2.05, 4.69) is 5.32 Å². The summed E-state index contributed by atoms with van der Waals surface area (Å²) in [7, 11) is 2.61. The lowest BCUT2D eigenvalue weighted by Crippen LogP contribution is -2.17. The number of thiophene rings is 1. The van der Waals surface area contributed by atoms with Crippen LogP contribution in [0.4, 0.5) is 5.00 Å². The fraction of sp³-hybridized carbons (Fsp3) is 0.227. The van der Waals surface area contributed by atoms with Crippen LogP contribution in [0.1, 0.15) is 43.5 Å². The molecule has 148 valence electrons. The summed E-state index contributed by atoms with van der Waals surface area (Å²) in [6.45, 7) is 0. The Balaban J connectivity index is 1.75. The van der Waals surface area contributed by atoms with Crippen molar-refractivity contribution in [3.05, 3.63) is 64.0 Å². The molecule has 1 aliphatic rings. The van der Waals surface area contributed by atoms with Crippen LogP contribution in [0.5, 0.6) is 0 Å². The number of carbonyl (C=O) groups excluding carboxylic acids is 3. The summed E-state index contributed by atoms with van der Waals surface area (Å²) >= 11 is 1.31. The van der Waals surface area contributed by atoms with Gasteiger partial charge in [0, 0.05) is 10.4 Å². The van der Waals surface area contributed by atoms with Crippen LogP contribution in [-0.2, 0) is 20.7 Å². The van der Waals surface area contributed by atoms with E-state index >= 15 is 0 Å². The van der Waals surface area contributed by atoms with E-state index in [1.54, 1.807) is 6.07 Å². The fourth-order valence-corrected chi connectivity index (χ4v) is 5.09. The lowest BCUT2D eigenvalue weighted by molar-refractivity contribution is -0.142. The topological polar surface area (TPSA) is 81.7 Å². The highest BCUT2D eigenvalue weighted by molar-refractivity contribution is 7.17. The molecular formula is C22H19NO5S. The smallest absolute Gasteiger partial charge is 0.341 e. The highest BCUT2D eigenvalue weighted by Crippen LogP contribution is 2.46. The summed E-state index contributed by atoms with van der Waals surface area (Å²) < 4.78 is 9.84. The predicted octanol–water partition coefficient (Wildman–Crippen LogP) is 4.14. The lowest BCUT2D eigenvalue weighted by atomic mass is 9.99. The lowest BCUT2D eigenvalue weighted by Gasteiger charge is -2.12. The number of methoxy groups -OCH3 is 2. The molecule has 1 heterocycles. The second kappa shape index (κ2) is 7.67. The summed E-state index contributed by atoms with van der Waals surface area (Å²) in [6.07, 6.45) is 1.23. The largest absolute Gasteiger partial charge is 0.469 e. The van der Waals surface area contributed by atoms with Crippen LogP contribution in [-0.4, -0.2) is 32.1 Å². The molecule has 1 aliphatic carbocycles. The fourth-order valence-electron chi connectivity index (χ4n) is 3.83. The SMILES string of the molecule is COC(=O)c1c(NC(=O)c2cccc3ccccc23)sc2c1C(C(=O)OC)CC2. The van der Waals surface area contributed by atoms with Crippen molar-refractivity contribution in [3.63, 3.8) is 0 Å². The molecule has 29 heavy (non-hydrogen) atoms. The standard InChI is InChI=1S/C22H19NO5S/c1-27-21(25)15-10-11-16-17(15)18(22(26)28-2)20(29-16)23-19(24)14-9-5-7-12-6-3-4-8-13(12)14/h3-9,15H,10-11H2,1-2H3,(H,23,24). The van der Waals surface area contributed by atoms with Gasteiger partial charge in [-0.15, -0.1) is 11.3 Å². The van der Waals surface area contributed by atoms with Gasteiger partial charge in [0.25, 0.3) is 5.91 Å². The van der Waals surface area contributed by atoms with Crippen LogP contribution in [0.25, 0.3) is 10.8 Å². The van der Waals surface area contributed by atoms with Gasteiger partial charge in [0.1, 0.15) is 5.00 Å². The molecule has 1 unspecified atom stereocenters. The summed E-state index contributed by atoms with van der Waals surface area (Å²) in [4.78, 5) is 38.6. The van der Waals surface area contributed by atoms with E-state index in [9.17, 15) is 14.4 Å². The zero-order chi connectivity index (χ0) is 20.5. The number of esters is 2. The summed E-state index contributed by atoms with van der Waals surface area (Å²) in [6, 6.07) is 13.1. The minimum absolute atomic E-state index is 0.244. The molecule has 0 fully saturated rings. The maximum absolute atomic E-state index is 13.0. The number of rotatable bonds is 4. The van der Waals surface area contributed by atoms with Gasteiger partial charge in [-0.3, -0.25) is 9.59 Å². The average Bonchev–Trinajstić information content (AvgIpc) is 3.30. The molecule has 6 nitrogen and oxygen atoms in total. The Bertz CT molecular complexity index is 1130. The molecule has 0 saturated carbocycles. The van der Waals surface area contributed by atoms with Gasteiger partial charge in [0.15, 0.2) is 0 Å². The van der Waals surface area contributed by atoms with Gasteiger partial charge in [0.05, 0.1) is 25.7 Å². The molecule has 0 aliphatic heterocycles. The first-order valence-electron chi connectivity index (χ1n) is 9.16. The molecule has 0 spiro atoms. The first-order chi connectivity index (χ1) is 14.0. The second-order valence-corrected chi connectivity index (χ2v) is 7.84. The number of hydrogen-bond acceptors (Lipinski definition) is 6. The van der Waals surface area contributed by atoms with E-state index in [4.69, 9.17) is 9.47 Å². The summed E-state index contributed by atoms with van der Waals surface area (Å²) in [5.41, 5.74) is 1.37. The molecule has 0 bridgehead atoms. The van der Waals surface area contributed by atoms with Crippen molar-refractivity contribution in [2.24, 2.45) is 0 Å². The molecular weight excluding hydrogens is 390 g/mol. The van der Waals surface area contributed by atoms with Crippen molar-refractivity contribution < 1.29 is 23.9 Å². The molecule has 4 rings (SSSR count). The highest BCUT2D eigenvalue weighted by atomic mass is 32.1. The Morgan fingerprint density at radius 2 is 1.79 bits per heavy atom. The van der Waals surface area contributed by atoms with Gasteiger partial charge in [-0.05, 0) is 35.2 Å². The van der Waals surface area contributed by atoms with Crippen LogP contribution >= 0.6 is 11.3 Å². The van der Waals surface area contributed by atoms with Crippen LogP contribution in [0.3, 0.4) is 0 Å². The van der Waals surface area contributed by atoms with E-state index in [1.807, 2.05) is 36.4 Å². The molecule has 1 atom stereocenters. The highest BCUT2D eigenvalue weighted by Gasteiger charge is 2.38. The quantitative estimate of drug-likeness (QED) is 0.655. The normalized spacial score (nSPS) is 15.0. The summed E-state index contributed by atoms with van der Waals surface area (Å²) in [5.74, 6) is -1.81. The van der Waals surface area contributed by atoms with E-state index < -0.39 is 17.9 Å². The van der Waals surface area contributed by atoms with Gasteiger partial charge in [-0.1, -0.05) is 36.4 Å². The van der Waals surface area contributed by atoms with Gasteiger partial charge in [0.2, 0.25) is 0 Å². The molecule has 7 heteroatoms. The maximum atomic E-state index is 13.0. The minimum Gasteiger partial charge on any atom is -0.469 e. The molecule has 1 N–H and O–H groups in total. The van der Waals surface area contributed by atoms with Crippen molar-refractivity contribution in [1.82, 2.24) is 0 Å². The zero-order valence-electron chi connectivity index (χ0n) is 16.0. The predicted molar refractivity (Wildman–Crippen MR) is 111 cm³/mol. The number of benzene rings is 2. The Morgan fingerprint density at radius 3 is 2.55 bits per heavy atom. The van der Waals surface area contributed by atoms with E-state index in [0.29, 0.717) is 29.0 Å². The van der Waals surface area contributed by atoms with Crippen molar-refractivity contribution >= 4 is 45.0 Å². The molecule has 1 aromatic heterocycles. The number of aryl methyl sites for hydroxylation is 1. The average molecular weight is 409 g/mol. The number of nitrogens with one attached hydrogen (secondary N) is 1. The third-order valence-corrected chi connectivity index (χ3v) is 6.35. The third kappa shape index (κ3) is 3.27. The van der Waals surface area contributed by atoms with Gasteiger partial charge >= 0.3 is 11.9 Å². The third-order valence-electron chi connectivity index (χ3n) is 5.17. The number of carbonyl (C=O) groups is 3.